The maximum Gasteiger partial charge on any atom is 0.335 e. The molecule has 3 atom stereocenters. The second kappa shape index (κ2) is 10.6. The van der Waals surface area contributed by atoms with Crippen molar-refractivity contribution in [1.29, 1.82) is 0 Å². The number of carbonyl (C=O) groups excluding carboxylic acids is 3. The highest BCUT2D eigenvalue weighted by molar-refractivity contribution is 5.96. The summed E-state index contributed by atoms with van der Waals surface area (Å²) in [6, 6.07) is 4.27. The molecular formula is C23H32N4O5. The number of carbonyl (C=O) groups is 4. The van der Waals surface area contributed by atoms with E-state index in [-0.39, 0.29) is 47.8 Å². The molecule has 2 fully saturated rings. The zero-order chi connectivity index (χ0) is 23.3. The highest BCUT2D eigenvalue weighted by atomic mass is 16.4. The first kappa shape index (κ1) is 23.7. The summed E-state index contributed by atoms with van der Waals surface area (Å²) in [5, 5.41) is 17.7. The van der Waals surface area contributed by atoms with Crippen LogP contribution in [0.3, 0.4) is 0 Å². The molecule has 0 aromatic heterocycles. The Hall–Kier alpha value is -2.94. The van der Waals surface area contributed by atoms with Gasteiger partial charge in [0.15, 0.2) is 0 Å². The fraction of sp³-hybridized carbons (Fsp3) is 0.565. The van der Waals surface area contributed by atoms with Gasteiger partial charge in [0.05, 0.1) is 11.6 Å². The minimum Gasteiger partial charge on any atom is -0.478 e. The van der Waals surface area contributed by atoms with Crippen molar-refractivity contribution in [2.24, 2.45) is 5.92 Å². The van der Waals surface area contributed by atoms with E-state index in [1.54, 1.807) is 11.9 Å². The highest BCUT2D eigenvalue weighted by Crippen LogP contribution is 2.29. The van der Waals surface area contributed by atoms with Gasteiger partial charge in [-0.05, 0) is 56.5 Å². The van der Waals surface area contributed by atoms with Crippen LogP contribution in [0, 0.1) is 5.92 Å². The molecule has 9 nitrogen and oxygen atoms in total. The van der Waals surface area contributed by atoms with Gasteiger partial charge in [0.2, 0.25) is 11.8 Å². The lowest BCUT2D eigenvalue weighted by Gasteiger charge is -2.33. The second-order valence-electron chi connectivity index (χ2n) is 8.57. The molecule has 32 heavy (non-hydrogen) atoms. The summed E-state index contributed by atoms with van der Waals surface area (Å²) >= 11 is 0. The molecule has 0 spiro atoms. The number of likely N-dealkylation sites (N-methyl/N-ethyl adjacent to an activating group) is 2. The maximum atomic E-state index is 13.4. The number of hydrogen-bond acceptors (Lipinski definition) is 5. The van der Waals surface area contributed by atoms with Crippen LogP contribution < -0.4 is 16.0 Å². The molecule has 0 radical (unpaired) electrons. The van der Waals surface area contributed by atoms with Crippen molar-refractivity contribution in [3.63, 3.8) is 0 Å². The Balaban J connectivity index is 1.71. The van der Waals surface area contributed by atoms with Gasteiger partial charge in [-0.3, -0.25) is 14.4 Å². The van der Waals surface area contributed by atoms with E-state index in [1.807, 2.05) is 0 Å². The number of benzene rings is 1. The van der Waals surface area contributed by atoms with E-state index < -0.39 is 12.0 Å². The minimum absolute atomic E-state index is 0.0969. The largest absolute Gasteiger partial charge is 0.478 e. The van der Waals surface area contributed by atoms with Crippen LogP contribution >= 0.6 is 0 Å². The molecule has 3 rings (SSSR count). The van der Waals surface area contributed by atoms with Gasteiger partial charge in [0.25, 0.3) is 5.91 Å². The third kappa shape index (κ3) is 5.27. The van der Waals surface area contributed by atoms with Crippen LogP contribution in [0.2, 0.25) is 0 Å². The van der Waals surface area contributed by atoms with E-state index >= 15 is 0 Å². The lowest BCUT2D eigenvalue weighted by atomic mass is 9.83. The third-order valence-electron chi connectivity index (χ3n) is 6.56. The van der Waals surface area contributed by atoms with Gasteiger partial charge in [-0.2, -0.15) is 0 Å². The van der Waals surface area contributed by atoms with Gasteiger partial charge in [-0.15, -0.1) is 0 Å². The van der Waals surface area contributed by atoms with Gasteiger partial charge in [0.1, 0.15) is 6.04 Å². The average Bonchev–Trinajstić information content (AvgIpc) is 3.23. The summed E-state index contributed by atoms with van der Waals surface area (Å²) in [5.41, 5.74) is 0.422. The summed E-state index contributed by atoms with van der Waals surface area (Å²) in [6.45, 7) is 0.251. The van der Waals surface area contributed by atoms with Crippen molar-refractivity contribution in [3.05, 3.63) is 35.4 Å². The Bertz CT molecular complexity index is 850. The molecule has 2 aliphatic rings. The minimum atomic E-state index is -1.06. The number of carboxylic acid groups (broad SMARTS) is 1. The number of nitrogens with zero attached hydrogens (tertiary/aromatic N) is 1. The number of rotatable bonds is 7. The fourth-order valence-corrected chi connectivity index (χ4v) is 4.84. The summed E-state index contributed by atoms with van der Waals surface area (Å²) in [7, 11) is 3.32. The Morgan fingerprint density at radius 2 is 1.62 bits per heavy atom. The molecule has 0 bridgehead atoms. The van der Waals surface area contributed by atoms with E-state index in [2.05, 4.69) is 16.0 Å². The molecular weight excluding hydrogens is 412 g/mol. The van der Waals surface area contributed by atoms with E-state index in [0.29, 0.717) is 12.0 Å². The van der Waals surface area contributed by atoms with Gasteiger partial charge in [-0.25, -0.2) is 4.79 Å². The molecule has 174 valence electrons. The molecule has 1 aliphatic heterocycles. The van der Waals surface area contributed by atoms with Crippen LogP contribution in [0.1, 0.15) is 59.2 Å². The zero-order valence-electron chi connectivity index (χ0n) is 18.6. The molecule has 1 heterocycles. The molecule has 1 aromatic rings. The Morgan fingerprint density at radius 1 is 1.00 bits per heavy atom. The molecule has 3 amide bonds. The summed E-state index contributed by atoms with van der Waals surface area (Å²) < 4.78 is 0. The number of aromatic carboxylic acids is 1. The number of nitrogens with one attached hydrogen (secondary N) is 3. The van der Waals surface area contributed by atoms with Gasteiger partial charge in [0, 0.05) is 25.2 Å². The highest BCUT2D eigenvalue weighted by Gasteiger charge is 2.43. The predicted molar refractivity (Wildman–Crippen MR) is 118 cm³/mol. The van der Waals surface area contributed by atoms with Crippen molar-refractivity contribution < 1.29 is 24.3 Å². The molecule has 1 aromatic carbocycles. The third-order valence-corrected chi connectivity index (χ3v) is 6.56. The lowest BCUT2D eigenvalue weighted by molar-refractivity contribution is -0.141. The quantitative estimate of drug-likeness (QED) is 0.497. The van der Waals surface area contributed by atoms with Gasteiger partial charge in [-0.1, -0.05) is 19.3 Å². The van der Waals surface area contributed by atoms with Crippen LogP contribution in [0.4, 0.5) is 0 Å². The first-order valence-corrected chi connectivity index (χ1v) is 11.2. The Kier molecular flexibility index (Phi) is 7.84. The van der Waals surface area contributed by atoms with Gasteiger partial charge >= 0.3 is 5.97 Å². The fourth-order valence-electron chi connectivity index (χ4n) is 4.84. The number of hydrogen-bond donors (Lipinski definition) is 4. The van der Waals surface area contributed by atoms with E-state index in [1.165, 1.54) is 37.7 Å². The van der Waals surface area contributed by atoms with Crippen molar-refractivity contribution in [2.75, 3.05) is 20.6 Å². The van der Waals surface area contributed by atoms with Crippen LogP contribution in [0.25, 0.3) is 0 Å². The summed E-state index contributed by atoms with van der Waals surface area (Å²) in [6.07, 6.45) is 5.70. The standard InChI is InChI=1S/C23H32N4O5/c1-24-19(14-6-4-3-5-7-14)22(30)27-13-17(12-18(27)21(29)25-2)26-20(28)15-8-10-16(11-9-15)23(31)32/h8-11,14,17-19,24H,3-7,12-13H2,1-2H3,(H,25,29)(H,26,28)(H,31,32). The van der Waals surface area contributed by atoms with E-state index in [4.69, 9.17) is 5.11 Å². The first-order valence-electron chi connectivity index (χ1n) is 11.2. The van der Waals surface area contributed by atoms with Crippen molar-refractivity contribution in [1.82, 2.24) is 20.9 Å². The molecule has 1 aliphatic carbocycles. The van der Waals surface area contributed by atoms with E-state index in [9.17, 15) is 19.2 Å². The first-order chi connectivity index (χ1) is 15.3. The molecule has 4 N–H and O–H groups in total. The predicted octanol–water partition coefficient (Wildman–Crippen LogP) is 0.998. The van der Waals surface area contributed by atoms with Crippen molar-refractivity contribution >= 4 is 23.7 Å². The SMILES string of the molecule is CNC(=O)C1CC(NC(=O)c2ccc(C(=O)O)cc2)CN1C(=O)C(NC)C1CCCCC1. The van der Waals surface area contributed by atoms with Crippen LogP contribution in [-0.4, -0.2) is 72.5 Å². The lowest BCUT2D eigenvalue weighted by Crippen LogP contribution is -2.54. The number of carboxylic acids is 1. The summed E-state index contributed by atoms with van der Waals surface area (Å²) in [5.74, 6) is -1.54. The molecule has 3 unspecified atom stereocenters. The van der Waals surface area contributed by atoms with Crippen molar-refractivity contribution in [3.8, 4) is 0 Å². The van der Waals surface area contributed by atoms with Crippen molar-refractivity contribution in [2.45, 2.75) is 56.7 Å². The molecule has 9 heteroatoms. The van der Waals surface area contributed by atoms with E-state index in [0.717, 1.165) is 25.7 Å². The van der Waals surface area contributed by atoms with Crippen LogP contribution in [0.5, 0.6) is 0 Å². The number of amides is 3. The van der Waals surface area contributed by atoms with Crippen LogP contribution in [-0.2, 0) is 9.59 Å². The Morgan fingerprint density at radius 3 is 2.19 bits per heavy atom. The average molecular weight is 445 g/mol. The summed E-state index contributed by atoms with van der Waals surface area (Å²) in [4.78, 5) is 51.2. The maximum absolute atomic E-state index is 13.4. The van der Waals surface area contributed by atoms with Crippen LogP contribution in [0.15, 0.2) is 24.3 Å². The topological polar surface area (TPSA) is 128 Å². The smallest absolute Gasteiger partial charge is 0.335 e. The Labute approximate surface area is 187 Å². The number of likely N-dealkylation sites (tertiary alicyclic amines) is 1. The van der Waals surface area contributed by atoms with Gasteiger partial charge < -0.3 is 26.0 Å². The second-order valence-corrected chi connectivity index (χ2v) is 8.57. The molecule has 1 saturated heterocycles. The zero-order valence-corrected chi connectivity index (χ0v) is 18.6. The monoisotopic (exact) mass is 444 g/mol. The molecule has 1 saturated carbocycles. The normalized spacial score (nSPS) is 22.2.